The molecule has 0 aromatic heterocycles. The van der Waals surface area contributed by atoms with Gasteiger partial charge in [-0.3, -0.25) is 4.79 Å². The number of aliphatic hydroxyl groups is 1. The summed E-state index contributed by atoms with van der Waals surface area (Å²) in [5.74, 6) is 0.196. The lowest BCUT2D eigenvalue weighted by Gasteiger charge is -2.40. The lowest BCUT2D eigenvalue weighted by atomic mass is 9.76. The molecule has 1 aliphatic carbocycles. The van der Waals surface area contributed by atoms with Crippen molar-refractivity contribution >= 4 is 15.9 Å². The first kappa shape index (κ1) is 16.7. The average molecular weight is 318 g/mol. The van der Waals surface area contributed by atoms with E-state index in [4.69, 9.17) is 0 Å². The first-order valence-electron chi connectivity index (χ1n) is 7.67. The first-order valence-corrected chi connectivity index (χ1v) is 9.52. The highest BCUT2D eigenvalue weighted by molar-refractivity contribution is 7.88. The van der Waals surface area contributed by atoms with Crippen molar-refractivity contribution in [1.29, 1.82) is 0 Å². The van der Waals surface area contributed by atoms with Gasteiger partial charge in [-0.2, -0.15) is 4.31 Å². The molecular weight excluding hydrogens is 292 g/mol. The fourth-order valence-electron chi connectivity index (χ4n) is 3.70. The Morgan fingerprint density at radius 1 is 1.38 bits per heavy atom. The van der Waals surface area contributed by atoms with Crippen LogP contribution in [0.2, 0.25) is 0 Å². The lowest BCUT2D eigenvalue weighted by Crippen LogP contribution is -2.58. The summed E-state index contributed by atoms with van der Waals surface area (Å²) in [6, 6.07) is -0.624. The van der Waals surface area contributed by atoms with Crippen LogP contribution in [0.5, 0.6) is 0 Å². The van der Waals surface area contributed by atoms with Gasteiger partial charge in [0.1, 0.15) is 6.04 Å². The van der Waals surface area contributed by atoms with Crippen LogP contribution in [0.25, 0.3) is 0 Å². The molecule has 1 amide bonds. The minimum absolute atomic E-state index is 0.0886. The third-order valence-electron chi connectivity index (χ3n) is 4.71. The van der Waals surface area contributed by atoms with E-state index in [-0.39, 0.29) is 12.5 Å². The smallest absolute Gasteiger partial charge is 0.238 e. The zero-order valence-corrected chi connectivity index (χ0v) is 13.7. The highest BCUT2D eigenvalue weighted by Gasteiger charge is 2.41. The van der Waals surface area contributed by atoms with Crippen molar-refractivity contribution < 1.29 is 18.3 Å². The molecule has 1 saturated carbocycles. The van der Waals surface area contributed by atoms with Gasteiger partial charge in [0.25, 0.3) is 0 Å². The Hall–Kier alpha value is -0.660. The molecule has 0 bridgehead atoms. The molecule has 2 fully saturated rings. The maximum absolute atomic E-state index is 12.5. The van der Waals surface area contributed by atoms with Crippen LogP contribution < -0.4 is 5.32 Å². The Balaban J connectivity index is 2.09. The van der Waals surface area contributed by atoms with E-state index in [0.29, 0.717) is 25.3 Å². The van der Waals surface area contributed by atoms with Crippen LogP contribution in [0, 0.1) is 5.92 Å². The fraction of sp³-hybridized carbons (Fsp3) is 0.929. The second kappa shape index (κ2) is 6.22. The minimum Gasteiger partial charge on any atom is -0.394 e. The summed E-state index contributed by atoms with van der Waals surface area (Å²) < 4.78 is 24.8. The molecule has 3 unspecified atom stereocenters. The summed E-state index contributed by atoms with van der Waals surface area (Å²) in [5, 5.41) is 12.7. The zero-order valence-electron chi connectivity index (χ0n) is 12.8. The van der Waals surface area contributed by atoms with E-state index in [2.05, 4.69) is 12.2 Å². The summed E-state index contributed by atoms with van der Waals surface area (Å²) in [7, 11) is -3.36. The Bertz CT molecular complexity index is 493. The highest BCUT2D eigenvalue weighted by Crippen LogP contribution is 2.32. The Morgan fingerprint density at radius 3 is 2.67 bits per heavy atom. The highest BCUT2D eigenvalue weighted by atomic mass is 32.2. The summed E-state index contributed by atoms with van der Waals surface area (Å²) in [4.78, 5) is 12.5. The van der Waals surface area contributed by atoms with Crippen molar-refractivity contribution in [2.45, 2.75) is 57.0 Å². The van der Waals surface area contributed by atoms with Crippen LogP contribution in [-0.2, 0) is 14.8 Å². The van der Waals surface area contributed by atoms with E-state index in [9.17, 15) is 18.3 Å². The average Bonchev–Trinajstić information content (AvgIpc) is 2.88. The van der Waals surface area contributed by atoms with Gasteiger partial charge in [0.2, 0.25) is 15.9 Å². The van der Waals surface area contributed by atoms with Crippen LogP contribution in [0.3, 0.4) is 0 Å². The van der Waals surface area contributed by atoms with Gasteiger partial charge in [0.05, 0.1) is 18.4 Å². The van der Waals surface area contributed by atoms with E-state index in [1.54, 1.807) is 0 Å². The standard InChI is InChI=1S/C14H26N2O4S/c1-11-5-3-7-14(9-11,10-17)15-13(18)12-6-4-8-16(12)21(2,19)20/h11-12,17H,3-10H2,1-2H3,(H,15,18). The molecule has 3 atom stereocenters. The van der Waals surface area contributed by atoms with E-state index in [1.807, 2.05) is 0 Å². The topological polar surface area (TPSA) is 86.7 Å². The third-order valence-corrected chi connectivity index (χ3v) is 6.00. The molecule has 0 radical (unpaired) electrons. The van der Waals surface area contributed by atoms with Gasteiger partial charge < -0.3 is 10.4 Å². The van der Waals surface area contributed by atoms with E-state index >= 15 is 0 Å². The van der Waals surface area contributed by atoms with Gasteiger partial charge in [-0.15, -0.1) is 0 Å². The van der Waals surface area contributed by atoms with Crippen LogP contribution in [0.4, 0.5) is 0 Å². The predicted molar refractivity (Wildman–Crippen MR) is 80.2 cm³/mol. The normalized spacial score (nSPS) is 34.8. The Morgan fingerprint density at radius 2 is 2.10 bits per heavy atom. The van der Waals surface area contributed by atoms with Crippen molar-refractivity contribution in [2.24, 2.45) is 5.92 Å². The molecular formula is C14H26N2O4S. The maximum Gasteiger partial charge on any atom is 0.238 e. The lowest BCUT2D eigenvalue weighted by molar-refractivity contribution is -0.127. The SMILES string of the molecule is CC1CCCC(CO)(NC(=O)C2CCCN2S(C)(=O)=O)C1. The van der Waals surface area contributed by atoms with Crippen molar-refractivity contribution in [3.8, 4) is 0 Å². The summed E-state index contributed by atoms with van der Waals surface area (Å²) in [6.45, 7) is 2.43. The van der Waals surface area contributed by atoms with Crippen molar-refractivity contribution in [3.05, 3.63) is 0 Å². The van der Waals surface area contributed by atoms with Crippen LogP contribution in [-0.4, -0.2) is 54.7 Å². The molecule has 0 spiro atoms. The predicted octanol–water partition coefficient (Wildman–Crippen LogP) is 0.468. The van der Waals surface area contributed by atoms with Gasteiger partial charge in [0, 0.05) is 6.54 Å². The third kappa shape index (κ3) is 3.76. The van der Waals surface area contributed by atoms with Gasteiger partial charge in [-0.1, -0.05) is 19.8 Å². The molecule has 1 saturated heterocycles. The molecule has 2 N–H and O–H groups in total. The van der Waals surface area contributed by atoms with Gasteiger partial charge in [0.15, 0.2) is 0 Å². The van der Waals surface area contributed by atoms with E-state index in [1.165, 1.54) is 4.31 Å². The van der Waals surface area contributed by atoms with Crippen LogP contribution in [0.1, 0.15) is 45.4 Å². The Kier molecular flexibility index (Phi) is 4.95. The number of nitrogens with zero attached hydrogens (tertiary/aromatic N) is 1. The summed E-state index contributed by atoms with van der Waals surface area (Å²) in [6.07, 6.45) is 5.98. The molecule has 6 nitrogen and oxygen atoms in total. The van der Waals surface area contributed by atoms with Crippen LogP contribution in [0.15, 0.2) is 0 Å². The van der Waals surface area contributed by atoms with E-state index in [0.717, 1.165) is 31.9 Å². The summed E-state index contributed by atoms with van der Waals surface area (Å²) in [5.41, 5.74) is -0.583. The number of carbonyl (C=O) groups is 1. The molecule has 2 rings (SSSR count). The first-order chi connectivity index (χ1) is 9.77. The molecule has 0 aromatic rings. The number of nitrogens with one attached hydrogen (secondary N) is 1. The number of aliphatic hydroxyl groups excluding tert-OH is 1. The van der Waals surface area contributed by atoms with E-state index < -0.39 is 21.6 Å². The molecule has 7 heteroatoms. The molecule has 1 heterocycles. The number of hydrogen-bond acceptors (Lipinski definition) is 4. The van der Waals surface area contributed by atoms with Gasteiger partial charge in [-0.25, -0.2) is 8.42 Å². The van der Waals surface area contributed by atoms with Gasteiger partial charge >= 0.3 is 0 Å². The number of hydrogen-bond donors (Lipinski definition) is 2. The zero-order chi connectivity index (χ0) is 15.7. The Labute approximate surface area is 126 Å². The second-order valence-electron chi connectivity index (χ2n) is 6.66. The molecule has 0 aromatic carbocycles. The fourth-order valence-corrected chi connectivity index (χ4v) is 4.82. The van der Waals surface area contributed by atoms with Crippen molar-refractivity contribution in [1.82, 2.24) is 9.62 Å². The number of carbonyl (C=O) groups excluding carboxylic acids is 1. The number of rotatable bonds is 4. The van der Waals surface area contributed by atoms with Gasteiger partial charge in [-0.05, 0) is 31.6 Å². The second-order valence-corrected chi connectivity index (χ2v) is 8.60. The molecule has 21 heavy (non-hydrogen) atoms. The number of amides is 1. The molecule has 1 aliphatic heterocycles. The van der Waals surface area contributed by atoms with Crippen LogP contribution >= 0.6 is 0 Å². The van der Waals surface area contributed by atoms with Crippen molar-refractivity contribution in [3.63, 3.8) is 0 Å². The largest absolute Gasteiger partial charge is 0.394 e. The summed E-state index contributed by atoms with van der Waals surface area (Å²) >= 11 is 0. The quantitative estimate of drug-likeness (QED) is 0.789. The van der Waals surface area contributed by atoms with Crippen molar-refractivity contribution in [2.75, 3.05) is 19.4 Å². The minimum atomic E-state index is -3.36. The number of sulfonamides is 1. The maximum atomic E-state index is 12.5. The monoisotopic (exact) mass is 318 g/mol. The molecule has 2 aliphatic rings. The molecule has 122 valence electrons.